The van der Waals surface area contributed by atoms with Crippen molar-refractivity contribution in [2.24, 2.45) is 11.3 Å². The number of carbonyl (C=O) groups is 1. The Morgan fingerprint density at radius 3 is 2.76 bits per heavy atom. The van der Waals surface area contributed by atoms with E-state index < -0.39 is 22.0 Å². The first-order valence-corrected chi connectivity index (χ1v) is 16.8. The molecule has 0 aromatic heterocycles. The van der Waals surface area contributed by atoms with Gasteiger partial charge in [0.25, 0.3) is 5.91 Å². The molecule has 7 nitrogen and oxygen atoms in total. The highest BCUT2D eigenvalue weighted by Gasteiger charge is 2.49. The number of allylic oxidation sites excluding steroid dienone is 1. The number of amides is 1. The standard InChI is InChI=1S/C33H41ClN2O5S/c1-4-6-17-42(39,40)35-31(38)24-10-13-29-28(19-24)36(20-25-14-16-32(25,3)30(37)8-5-2)21-33(22-41-29)15-7-9-23-18-26(34)11-12-27(23)33/h4-5,10-13,18-19,25,30,37H,1-2,6-9,14-17,20-22H2,3H3,(H,35,38)/t25-,30?,32+,33-/m0/s1. The molecule has 1 aliphatic heterocycles. The second-order valence-electron chi connectivity index (χ2n) is 12.4. The third kappa shape index (κ3) is 5.99. The number of aliphatic hydroxyl groups is 1. The van der Waals surface area contributed by atoms with Gasteiger partial charge in [-0.2, -0.15) is 0 Å². The molecule has 2 aliphatic carbocycles. The molecule has 3 aliphatic rings. The maximum Gasteiger partial charge on any atom is 0.264 e. The fraction of sp³-hybridized carbons (Fsp3) is 0.485. The van der Waals surface area contributed by atoms with Gasteiger partial charge in [-0.1, -0.05) is 36.7 Å². The fourth-order valence-electron chi connectivity index (χ4n) is 6.98. The molecule has 1 fully saturated rings. The van der Waals surface area contributed by atoms with E-state index in [2.05, 4.69) is 41.8 Å². The summed E-state index contributed by atoms with van der Waals surface area (Å²) in [7, 11) is -3.80. The van der Waals surface area contributed by atoms with Crippen molar-refractivity contribution in [1.82, 2.24) is 4.72 Å². The average molecular weight is 613 g/mol. The summed E-state index contributed by atoms with van der Waals surface area (Å²) in [5.74, 6) is 0.00211. The molecular weight excluding hydrogens is 572 g/mol. The number of ether oxygens (including phenoxy) is 1. The van der Waals surface area contributed by atoms with Crippen molar-refractivity contribution in [1.29, 1.82) is 0 Å². The highest BCUT2D eigenvalue weighted by Crippen LogP contribution is 2.52. The Morgan fingerprint density at radius 2 is 2.05 bits per heavy atom. The lowest BCUT2D eigenvalue weighted by Crippen LogP contribution is -2.53. The molecule has 2 aromatic carbocycles. The summed E-state index contributed by atoms with van der Waals surface area (Å²) in [6.45, 7) is 11.4. The third-order valence-corrected chi connectivity index (χ3v) is 11.2. The molecule has 42 heavy (non-hydrogen) atoms. The average Bonchev–Trinajstić information content (AvgIpc) is 3.10. The van der Waals surface area contributed by atoms with Crippen LogP contribution in [0.2, 0.25) is 5.02 Å². The van der Waals surface area contributed by atoms with Crippen molar-refractivity contribution in [3.8, 4) is 5.75 Å². The van der Waals surface area contributed by atoms with Crippen LogP contribution >= 0.6 is 11.6 Å². The molecule has 1 heterocycles. The van der Waals surface area contributed by atoms with E-state index in [9.17, 15) is 18.3 Å². The number of hydrogen-bond acceptors (Lipinski definition) is 6. The fourth-order valence-corrected chi connectivity index (χ4v) is 8.15. The van der Waals surface area contributed by atoms with E-state index in [0.29, 0.717) is 31.9 Å². The Kier molecular flexibility index (Phi) is 8.80. The Hall–Kier alpha value is -2.81. The predicted molar refractivity (Wildman–Crippen MR) is 168 cm³/mol. The Morgan fingerprint density at radius 1 is 1.24 bits per heavy atom. The predicted octanol–water partition coefficient (Wildman–Crippen LogP) is 5.80. The quantitative estimate of drug-likeness (QED) is 0.329. The molecule has 1 spiro atoms. The molecule has 1 amide bonds. The Labute approximate surface area is 254 Å². The van der Waals surface area contributed by atoms with Gasteiger partial charge in [0, 0.05) is 29.1 Å². The van der Waals surface area contributed by atoms with Crippen LogP contribution in [-0.4, -0.2) is 51.0 Å². The van der Waals surface area contributed by atoms with Crippen molar-refractivity contribution in [3.05, 3.63) is 83.4 Å². The van der Waals surface area contributed by atoms with Crippen LogP contribution in [-0.2, 0) is 21.9 Å². The molecule has 2 aromatic rings. The number of sulfonamides is 1. The number of carbonyl (C=O) groups excluding carboxylic acids is 1. The molecule has 0 saturated heterocycles. The van der Waals surface area contributed by atoms with Gasteiger partial charge in [-0.05, 0) is 97.7 Å². The summed E-state index contributed by atoms with van der Waals surface area (Å²) in [5.41, 5.74) is 2.96. The van der Waals surface area contributed by atoms with Crippen LogP contribution in [0.1, 0.15) is 66.9 Å². The zero-order chi connectivity index (χ0) is 30.1. The van der Waals surface area contributed by atoms with Crippen molar-refractivity contribution >= 4 is 33.2 Å². The summed E-state index contributed by atoms with van der Waals surface area (Å²) in [5, 5.41) is 11.7. The number of rotatable bonds is 10. The number of aliphatic hydroxyl groups excluding tert-OH is 1. The first kappa shape index (κ1) is 30.6. The molecule has 5 rings (SSSR count). The van der Waals surface area contributed by atoms with Crippen LogP contribution in [0, 0.1) is 11.3 Å². The minimum atomic E-state index is -3.80. The van der Waals surface area contributed by atoms with Crippen LogP contribution in [0.15, 0.2) is 61.7 Å². The number of halogens is 1. The van der Waals surface area contributed by atoms with E-state index >= 15 is 0 Å². The minimum Gasteiger partial charge on any atom is -0.490 e. The number of benzene rings is 2. The number of nitrogens with one attached hydrogen (secondary N) is 1. The van der Waals surface area contributed by atoms with E-state index in [1.807, 2.05) is 6.07 Å². The van der Waals surface area contributed by atoms with Crippen LogP contribution < -0.4 is 14.4 Å². The van der Waals surface area contributed by atoms with Gasteiger partial charge in [-0.15, -0.1) is 13.2 Å². The van der Waals surface area contributed by atoms with E-state index in [1.54, 1.807) is 24.3 Å². The highest BCUT2D eigenvalue weighted by atomic mass is 35.5. The number of anilines is 1. The van der Waals surface area contributed by atoms with Gasteiger partial charge in [0.2, 0.25) is 10.0 Å². The van der Waals surface area contributed by atoms with E-state index in [-0.39, 0.29) is 34.5 Å². The van der Waals surface area contributed by atoms with Gasteiger partial charge in [0.1, 0.15) is 5.75 Å². The van der Waals surface area contributed by atoms with Gasteiger partial charge >= 0.3 is 0 Å². The molecule has 2 N–H and O–H groups in total. The maximum atomic E-state index is 13.1. The summed E-state index contributed by atoms with van der Waals surface area (Å²) in [4.78, 5) is 15.4. The number of hydrogen-bond donors (Lipinski definition) is 2. The van der Waals surface area contributed by atoms with Gasteiger partial charge in [-0.3, -0.25) is 4.79 Å². The number of aryl methyl sites for hydroxylation is 1. The molecule has 0 radical (unpaired) electrons. The summed E-state index contributed by atoms with van der Waals surface area (Å²) in [6.07, 6.45) is 8.42. The molecule has 0 bridgehead atoms. The largest absolute Gasteiger partial charge is 0.490 e. The summed E-state index contributed by atoms with van der Waals surface area (Å²) in [6, 6.07) is 11.3. The van der Waals surface area contributed by atoms with Crippen LogP contribution in [0.4, 0.5) is 5.69 Å². The van der Waals surface area contributed by atoms with Gasteiger partial charge in [0.15, 0.2) is 0 Å². The van der Waals surface area contributed by atoms with E-state index in [4.69, 9.17) is 16.3 Å². The monoisotopic (exact) mass is 612 g/mol. The Bertz CT molecular complexity index is 1480. The smallest absolute Gasteiger partial charge is 0.264 e. The zero-order valence-electron chi connectivity index (χ0n) is 24.3. The molecule has 9 heteroatoms. The minimum absolute atomic E-state index is 0.207. The second kappa shape index (κ2) is 12.1. The molecule has 1 unspecified atom stereocenters. The molecule has 4 atom stereocenters. The van der Waals surface area contributed by atoms with Crippen LogP contribution in [0.3, 0.4) is 0 Å². The van der Waals surface area contributed by atoms with Crippen molar-refractivity contribution in [2.75, 3.05) is 30.3 Å². The third-order valence-electron chi connectivity index (χ3n) is 9.69. The van der Waals surface area contributed by atoms with Crippen molar-refractivity contribution in [3.63, 3.8) is 0 Å². The summed E-state index contributed by atoms with van der Waals surface area (Å²) >= 11 is 6.38. The molecule has 226 valence electrons. The highest BCUT2D eigenvalue weighted by molar-refractivity contribution is 7.90. The van der Waals surface area contributed by atoms with Gasteiger partial charge in [-0.25, -0.2) is 13.1 Å². The lowest BCUT2D eigenvalue weighted by atomic mass is 9.57. The summed E-state index contributed by atoms with van der Waals surface area (Å²) < 4.78 is 33.6. The van der Waals surface area contributed by atoms with Gasteiger partial charge in [0.05, 0.1) is 24.2 Å². The normalized spacial score (nSPS) is 25.7. The van der Waals surface area contributed by atoms with Gasteiger partial charge < -0.3 is 14.7 Å². The first-order valence-electron chi connectivity index (χ1n) is 14.8. The second-order valence-corrected chi connectivity index (χ2v) is 14.7. The van der Waals surface area contributed by atoms with Crippen LogP contribution in [0.5, 0.6) is 5.75 Å². The van der Waals surface area contributed by atoms with Crippen molar-refractivity contribution < 1.29 is 23.1 Å². The van der Waals surface area contributed by atoms with E-state index in [0.717, 1.165) is 42.8 Å². The molecule has 1 saturated carbocycles. The first-order chi connectivity index (χ1) is 20.0. The number of nitrogens with zero attached hydrogens (tertiary/aromatic N) is 1. The molecular formula is C33H41ClN2O5S. The lowest BCUT2D eigenvalue weighted by Gasteiger charge is -2.52. The zero-order valence-corrected chi connectivity index (χ0v) is 25.9. The maximum absolute atomic E-state index is 13.1. The van der Waals surface area contributed by atoms with E-state index in [1.165, 1.54) is 17.2 Å². The Balaban J connectivity index is 1.52. The lowest BCUT2D eigenvalue weighted by molar-refractivity contribution is -0.0695. The SMILES string of the molecule is C=CCCS(=O)(=O)NC(=O)c1ccc2c(c1)N(C[C@@H]1CC[C@@]1(C)C(O)CC=C)C[C@@]1(CCCc3cc(Cl)ccc31)CO2. The van der Waals surface area contributed by atoms with Crippen LogP contribution in [0.25, 0.3) is 0 Å². The van der Waals surface area contributed by atoms with Crippen molar-refractivity contribution in [2.45, 2.75) is 63.4 Å². The topological polar surface area (TPSA) is 95.9 Å². The number of fused-ring (bicyclic) bond motifs is 3.